The first kappa shape index (κ1) is 14.9. The molecule has 2 aromatic carbocycles. The number of rotatable bonds is 3. The quantitative estimate of drug-likeness (QED) is 0.632. The first-order valence-corrected chi connectivity index (χ1v) is 8.49. The van der Waals surface area contributed by atoms with Crippen molar-refractivity contribution in [2.75, 3.05) is 17.7 Å². The number of carbonyl (C=O) groups excluding carboxylic acids is 1. The third-order valence-corrected chi connectivity index (χ3v) is 4.56. The smallest absolute Gasteiger partial charge is 0.223 e. The van der Waals surface area contributed by atoms with Crippen LogP contribution in [0.2, 0.25) is 0 Å². The van der Waals surface area contributed by atoms with Gasteiger partial charge in [0.05, 0.1) is 5.69 Å². The number of fused-ring (bicyclic) bond motifs is 1. The highest BCUT2D eigenvalue weighted by molar-refractivity contribution is 7.98. The number of anilines is 1. The van der Waals surface area contributed by atoms with Gasteiger partial charge in [-0.3, -0.25) is 9.79 Å². The molecular weight excluding hydrogens is 292 g/mol. The SMILES string of the molecule is CSc1ccc(C=Nc2ccc3c(c2)CCN3C(C)=O)cc1. The maximum absolute atomic E-state index is 11.6. The summed E-state index contributed by atoms with van der Waals surface area (Å²) >= 11 is 1.73. The van der Waals surface area contributed by atoms with Gasteiger partial charge in [-0.2, -0.15) is 0 Å². The van der Waals surface area contributed by atoms with Crippen molar-refractivity contribution in [2.45, 2.75) is 18.2 Å². The standard InChI is InChI=1S/C18H18N2OS/c1-13(21)20-10-9-15-11-16(5-8-18(15)20)19-12-14-3-6-17(22-2)7-4-14/h3-8,11-12H,9-10H2,1-2H3. The van der Waals surface area contributed by atoms with Crippen LogP contribution in [0.3, 0.4) is 0 Å². The van der Waals surface area contributed by atoms with Crippen LogP contribution < -0.4 is 4.90 Å². The molecule has 1 amide bonds. The molecule has 22 heavy (non-hydrogen) atoms. The van der Waals surface area contributed by atoms with Gasteiger partial charge in [0.2, 0.25) is 5.91 Å². The summed E-state index contributed by atoms with van der Waals surface area (Å²) in [6, 6.07) is 14.4. The number of hydrogen-bond donors (Lipinski definition) is 0. The molecule has 3 nitrogen and oxygen atoms in total. The molecule has 0 unspecified atom stereocenters. The van der Waals surface area contributed by atoms with Crippen molar-refractivity contribution in [3.8, 4) is 0 Å². The molecular formula is C18H18N2OS. The fourth-order valence-corrected chi connectivity index (χ4v) is 3.04. The number of aliphatic imine (C=N–C) groups is 1. The highest BCUT2D eigenvalue weighted by Crippen LogP contribution is 2.31. The Balaban J connectivity index is 1.79. The van der Waals surface area contributed by atoms with Crippen molar-refractivity contribution in [1.29, 1.82) is 0 Å². The number of benzene rings is 2. The van der Waals surface area contributed by atoms with Gasteiger partial charge < -0.3 is 4.90 Å². The van der Waals surface area contributed by atoms with Gasteiger partial charge in [-0.25, -0.2) is 0 Å². The van der Waals surface area contributed by atoms with Gasteiger partial charge in [0.25, 0.3) is 0 Å². The Kier molecular flexibility index (Phi) is 4.29. The molecule has 0 aliphatic carbocycles. The van der Waals surface area contributed by atoms with Gasteiger partial charge in [-0.15, -0.1) is 11.8 Å². The predicted octanol–water partition coefficient (Wildman–Crippen LogP) is 4.07. The van der Waals surface area contributed by atoms with Crippen molar-refractivity contribution >= 4 is 35.3 Å². The van der Waals surface area contributed by atoms with E-state index < -0.39 is 0 Å². The Bertz CT molecular complexity index is 722. The van der Waals surface area contributed by atoms with Crippen LogP contribution in [0.25, 0.3) is 0 Å². The third-order valence-electron chi connectivity index (χ3n) is 3.82. The van der Waals surface area contributed by atoms with Crippen LogP contribution in [-0.2, 0) is 11.2 Å². The summed E-state index contributed by atoms with van der Waals surface area (Å²) in [5.41, 5.74) is 4.24. The number of thioether (sulfide) groups is 1. The zero-order valence-corrected chi connectivity index (χ0v) is 13.6. The van der Waals surface area contributed by atoms with Crippen molar-refractivity contribution < 1.29 is 4.79 Å². The summed E-state index contributed by atoms with van der Waals surface area (Å²) in [6.45, 7) is 2.38. The normalized spacial score (nSPS) is 13.6. The lowest BCUT2D eigenvalue weighted by atomic mass is 10.1. The van der Waals surface area contributed by atoms with E-state index in [-0.39, 0.29) is 5.91 Å². The van der Waals surface area contributed by atoms with Crippen LogP contribution in [0.1, 0.15) is 18.1 Å². The van der Waals surface area contributed by atoms with Gasteiger partial charge in [0.1, 0.15) is 0 Å². The molecule has 0 saturated heterocycles. The van der Waals surface area contributed by atoms with E-state index >= 15 is 0 Å². The predicted molar refractivity (Wildman–Crippen MR) is 93.7 cm³/mol. The van der Waals surface area contributed by atoms with Crippen LogP contribution in [0, 0.1) is 0 Å². The summed E-state index contributed by atoms with van der Waals surface area (Å²) in [6.07, 6.45) is 4.85. The first-order valence-electron chi connectivity index (χ1n) is 7.26. The number of nitrogens with zero attached hydrogens (tertiary/aromatic N) is 2. The summed E-state index contributed by atoms with van der Waals surface area (Å²) in [5, 5.41) is 0. The van der Waals surface area contributed by atoms with E-state index in [2.05, 4.69) is 41.6 Å². The lowest BCUT2D eigenvalue weighted by Crippen LogP contribution is -2.25. The molecule has 0 N–H and O–H groups in total. The number of amides is 1. The highest BCUT2D eigenvalue weighted by atomic mass is 32.2. The first-order chi connectivity index (χ1) is 10.7. The Labute approximate surface area is 135 Å². The van der Waals surface area contributed by atoms with Crippen molar-refractivity contribution in [3.63, 3.8) is 0 Å². The fraction of sp³-hybridized carbons (Fsp3) is 0.222. The second-order valence-corrected chi connectivity index (χ2v) is 6.14. The summed E-state index contributed by atoms with van der Waals surface area (Å²) in [7, 11) is 0. The van der Waals surface area contributed by atoms with E-state index in [1.807, 2.05) is 23.2 Å². The maximum Gasteiger partial charge on any atom is 0.223 e. The number of carbonyl (C=O) groups is 1. The minimum atomic E-state index is 0.101. The minimum Gasteiger partial charge on any atom is -0.312 e. The zero-order chi connectivity index (χ0) is 15.5. The van der Waals surface area contributed by atoms with E-state index in [1.54, 1.807) is 18.7 Å². The summed E-state index contributed by atoms with van der Waals surface area (Å²) < 4.78 is 0. The molecule has 1 aliphatic rings. The lowest BCUT2D eigenvalue weighted by molar-refractivity contribution is -0.116. The second kappa shape index (κ2) is 6.36. The van der Waals surface area contributed by atoms with E-state index in [1.165, 1.54) is 10.5 Å². The molecule has 0 fully saturated rings. The van der Waals surface area contributed by atoms with E-state index in [0.717, 1.165) is 29.9 Å². The van der Waals surface area contributed by atoms with E-state index in [0.29, 0.717) is 0 Å². The second-order valence-electron chi connectivity index (χ2n) is 5.27. The molecule has 0 radical (unpaired) electrons. The molecule has 2 aromatic rings. The van der Waals surface area contributed by atoms with Gasteiger partial charge in [0.15, 0.2) is 0 Å². The van der Waals surface area contributed by atoms with Crippen molar-refractivity contribution in [1.82, 2.24) is 0 Å². The molecule has 0 spiro atoms. The van der Waals surface area contributed by atoms with Gasteiger partial charge in [0, 0.05) is 30.3 Å². The van der Waals surface area contributed by atoms with Crippen LogP contribution in [0.4, 0.5) is 11.4 Å². The number of hydrogen-bond acceptors (Lipinski definition) is 3. The Morgan fingerprint density at radius 3 is 2.68 bits per heavy atom. The van der Waals surface area contributed by atoms with Crippen LogP contribution in [0.5, 0.6) is 0 Å². The van der Waals surface area contributed by atoms with Gasteiger partial charge in [-0.05, 0) is 54.1 Å². The van der Waals surface area contributed by atoms with E-state index in [4.69, 9.17) is 0 Å². The van der Waals surface area contributed by atoms with Gasteiger partial charge >= 0.3 is 0 Å². The Hall–Kier alpha value is -2.07. The molecule has 0 atom stereocenters. The monoisotopic (exact) mass is 310 g/mol. The molecule has 1 heterocycles. The van der Waals surface area contributed by atoms with Crippen LogP contribution >= 0.6 is 11.8 Å². The Morgan fingerprint density at radius 2 is 2.00 bits per heavy atom. The third kappa shape index (κ3) is 3.07. The molecule has 0 bridgehead atoms. The Morgan fingerprint density at radius 1 is 1.23 bits per heavy atom. The molecule has 0 saturated carbocycles. The summed E-state index contributed by atoms with van der Waals surface area (Å²) in [5.74, 6) is 0.101. The summed E-state index contributed by atoms with van der Waals surface area (Å²) in [4.78, 5) is 19.2. The molecule has 112 valence electrons. The minimum absolute atomic E-state index is 0.101. The largest absolute Gasteiger partial charge is 0.312 e. The molecule has 3 rings (SSSR count). The fourth-order valence-electron chi connectivity index (χ4n) is 2.63. The van der Waals surface area contributed by atoms with Crippen molar-refractivity contribution in [3.05, 3.63) is 53.6 Å². The molecule has 0 aromatic heterocycles. The molecule has 1 aliphatic heterocycles. The topological polar surface area (TPSA) is 32.7 Å². The van der Waals surface area contributed by atoms with Crippen LogP contribution in [-0.4, -0.2) is 24.9 Å². The molecule has 4 heteroatoms. The lowest BCUT2D eigenvalue weighted by Gasteiger charge is -2.14. The maximum atomic E-state index is 11.6. The van der Waals surface area contributed by atoms with E-state index in [9.17, 15) is 4.79 Å². The zero-order valence-electron chi connectivity index (χ0n) is 12.7. The van der Waals surface area contributed by atoms with Gasteiger partial charge in [-0.1, -0.05) is 12.1 Å². The van der Waals surface area contributed by atoms with Crippen LogP contribution in [0.15, 0.2) is 52.4 Å². The van der Waals surface area contributed by atoms with Crippen molar-refractivity contribution in [2.24, 2.45) is 4.99 Å². The average Bonchev–Trinajstić information content (AvgIpc) is 2.96. The highest BCUT2D eigenvalue weighted by Gasteiger charge is 2.21. The average molecular weight is 310 g/mol.